The minimum atomic E-state index is -0.316. The van der Waals surface area contributed by atoms with E-state index in [0.29, 0.717) is 0 Å². The third-order valence-corrected chi connectivity index (χ3v) is 7.28. The summed E-state index contributed by atoms with van der Waals surface area (Å²) in [4.78, 5) is 31.2. The molecule has 3 amide bonds. The molecule has 2 heterocycles. The lowest BCUT2D eigenvalue weighted by Gasteiger charge is -2.40. The number of amides is 3. The van der Waals surface area contributed by atoms with E-state index in [9.17, 15) is 9.59 Å². The molecule has 6 heteroatoms. The Hall–Kier alpha value is -4.32. The van der Waals surface area contributed by atoms with Crippen molar-refractivity contribution in [3.8, 4) is 5.69 Å². The van der Waals surface area contributed by atoms with E-state index in [1.807, 2.05) is 87.3 Å². The normalized spacial score (nSPS) is 14.2. The van der Waals surface area contributed by atoms with E-state index in [0.717, 1.165) is 45.0 Å². The monoisotopic (exact) mass is 506 g/mol. The maximum Gasteiger partial charge on any atom is 0.322 e. The summed E-state index contributed by atoms with van der Waals surface area (Å²) in [5, 5.41) is 3.06. The number of hydrogen-bond acceptors (Lipinski definition) is 2. The molecule has 194 valence electrons. The van der Waals surface area contributed by atoms with Gasteiger partial charge in [-0.15, -0.1) is 0 Å². The Labute approximate surface area is 224 Å². The van der Waals surface area contributed by atoms with Crippen LogP contribution in [0.5, 0.6) is 0 Å². The van der Waals surface area contributed by atoms with E-state index in [-0.39, 0.29) is 30.6 Å². The molecule has 5 rings (SSSR count). The Morgan fingerprint density at radius 3 is 2.16 bits per heavy atom. The maximum atomic E-state index is 14.2. The van der Waals surface area contributed by atoms with Crippen molar-refractivity contribution in [2.24, 2.45) is 0 Å². The van der Waals surface area contributed by atoms with Gasteiger partial charge in [-0.2, -0.15) is 0 Å². The average molecular weight is 507 g/mol. The number of nitrogens with one attached hydrogen (secondary N) is 1. The summed E-state index contributed by atoms with van der Waals surface area (Å²) in [6.45, 7) is 9.82. The van der Waals surface area contributed by atoms with E-state index < -0.39 is 0 Å². The van der Waals surface area contributed by atoms with Crippen molar-refractivity contribution in [3.63, 3.8) is 0 Å². The highest BCUT2D eigenvalue weighted by atomic mass is 16.2. The predicted molar refractivity (Wildman–Crippen MR) is 153 cm³/mol. The van der Waals surface area contributed by atoms with Gasteiger partial charge >= 0.3 is 6.03 Å². The molecule has 0 aliphatic carbocycles. The van der Waals surface area contributed by atoms with Crippen LogP contribution in [0, 0.1) is 20.8 Å². The predicted octanol–water partition coefficient (Wildman–Crippen LogP) is 6.78. The largest absolute Gasteiger partial charge is 0.322 e. The van der Waals surface area contributed by atoms with Crippen molar-refractivity contribution in [2.75, 3.05) is 16.8 Å². The number of fused-ring (bicyclic) bond motifs is 3. The van der Waals surface area contributed by atoms with Gasteiger partial charge in [0.25, 0.3) is 0 Å². The molecule has 1 aliphatic rings. The quantitative estimate of drug-likeness (QED) is 0.324. The highest BCUT2D eigenvalue weighted by Gasteiger charge is 2.37. The van der Waals surface area contributed by atoms with E-state index in [1.165, 1.54) is 0 Å². The van der Waals surface area contributed by atoms with Gasteiger partial charge in [0.05, 0.1) is 17.1 Å². The number of anilines is 2. The fourth-order valence-electron chi connectivity index (χ4n) is 5.23. The summed E-state index contributed by atoms with van der Waals surface area (Å²) < 4.78 is 2.15. The molecular formula is C32H34N4O2. The molecule has 1 atom stereocenters. The lowest BCUT2D eigenvalue weighted by Crippen LogP contribution is -2.49. The van der Waals surface area contributed by atoms with Crippen molar-refractivity contribution >= 4 is 23.3 Å². The third kappa shape index (κ3) is 4.58. The van der Waals surface area contributed by atoms with Crippen LogP contribution < -0.4 is 10.2 Å². The Morgan fingerprint density at radius 2 is 1.50 bits per heavy atom. The zero-order valence-electron chi connectivity index (χ0n) is 22.6. The topological polar surface area (TPSA) is 57.6 Å². The van der Waals surface area contributed by atoms with Crippen LogP contribution in [0.15, 0.2) is 85.1 Å². The first-order valence-electron chi connectivity index (χ1n) is 13.1. The molecule has 0 bridgehead atoms. The number of carbonyl (C=O) groups is 2. The number of benzene rings is 3. The number of aromatic nitrogens is 1. The maximum absolute atomic E-state index is 14.2. The standard InChI is InChI=1S/C32H34N4O2/c1-21(2)35(32(38)33-30-23(4)10-8-11-24(30)5)20-29(37)36-27-13-7-6-12-26(27)34-19-9-14-28(34)31(36)25-17-15-22(3)16-18-25/h6-19,21,31H,20H2,1-5H3,(H,33,38). The first-order chi connectivity index (χ1) is 18.3. The molecule has 0 fully saturated rings. The number of nitrogens with zero attached hydrogens (tertiary/aromatic N) is 3. The van der Waals surface area contributed by atoms with Gasteiger partial charge in [-0.05, 0) is 75.6 Å². The molecule has 0 saturated carbocycles. The molecule has 0 spiro atoms. The number of hydrogen-bond donors (Lipinski definition) is 1. The Kier molecular flexibility index (Phi) is 6.81. The summed E-state index contributed by atoms with van der Waals surface area (Å²) in [6.07, 6.45) is 2.04. The summed E-state index contributed by atoms with van der Waals surface area (Å²) in [7, 11) is 0. The summed E-state index contributed by atoms with van der Waals surface area (Å²) in [5.74, 6) is -0.138. The van der Waals surface area contributed by atoms with Gasteiger partial charge < -0.3 is 14.8 Å². The molecule has 0 radical (unpaired) electrons. The van der Waals surface area contributed by atoms with Crippen LogP contribution in [-0.2, 0) is 4.79 Å². The van der Waals surface area contributed by atoms with Gasteiger partial charge in [0.1, 0.15) is 12.6 Å². The van der Waals surface area contributed by atoms with E-state index in [4.69, 9.17) is 0 Å². The van der Waals surface area contributed by atoms with Gasteiger partial charge in [0.2, 0.25) is 5.91 Å². The third-order valence-electron chi connectivity index (χ3n) is 7.28. The van der Waals surface area contributed by atoms with Gasteiger partial charge in [-0.25, -0.2) is 4.79 Å². The lowest BCUT2D eigenvalue weighted by molar-refractivity contribution is -0.119. The number of carbonyl (C=O) groups excluding carboxylic acids is 2. The van der Waals surface area contributed by atoms with Crippen LogP contribution in [0.25, 0.3) is 5.69 Å². The van der Waals surface area contributed by atoms with Gasteiger partial charge in [0.15, 0.2) is 0 Å². The highest BCUT2D eigenvalue weighted by Crippen LogP contribution is 2.42. The van der Waals surface area contributed by atoms with E-state index in [2.05, 4.69) is 47.1 Å². The number of rotatable bonds is 5. The van der Waals surface area contributed by atoms with Crippen LogP contribution in [0.1, 0.15) is 47.8 Å². The molecule has 3 aromatic carbocycles. The number of aryl methyl sites for hydroxylation is 3. The molecule has 1 unspecified atom stereocenters. The molecule has 1 aromatic heterocycles. The van der Waals surface area contributed by atoms with Crippen LogP contribution in [0.2, 0.25) is 0 Å². The second-order valence-electron chi connectivity index (χ2n) is 10.3. The Balaban J connectivity index is 1.52. The Morgan fingerprint density at radius 1 is 0.842 bits per heavy atom. The summed E-state index contributed by atoms with van der Waals surface area (Å²) in [6, 6.07) is 25.5. The highest BCUT2D eigenvalue weighted by molar-refractivity contribution is 6.01. The van der Waals surface area contributed by atoms with Crippen molar-refractivity contribution in [3.05, 3.63) is 113 Å². The van der Waals surface area contributed by atoms with Gasteiger partial charge in [0, 0.05) is 17.9 Å². The van der Waals surface area contributed by atoms with Gasteiger partial charge in [-0.3, -0.25) is 9.69 Å². The van der Waals surface area contributed by atoms with Crippen LogP contribution in [0.3, 0.4) is 0 Å². The SMILES string of the molecule is Cc1ccc(C2c3cccn3-c3ccccc3N2C(=O)CN(C(=O)Nc2c(C)cccc2C)C(C)C)cc1. The zero-order valence-corrected chi connectivity index (χ0v) is 22.6. The fourth-order valence-corrected chi connectivity index (χ4v) is 5.23. The molecule has 1 N–H and O–H groups in total. The second-order valence-corrected chi connectivity index (χ2v) is 10.3. The molecule has 38 heavy (non-hydrogen) atoms. The average Bonchev–Trinajstić information content (AvgIpc) is 3.39. The number of urea groups is 1. The van der Waals surface area contributed by atoms with Crippen molar-refractivity contribution in [1.29, 1.82) is 0 Å². The van der Waals surface area contributed by atoms with E-state index in [1.54, 1.807) is 4.90 Å². The van der Waals surface area contributed by atoms with Crippen molar-refractivity contribution in [1.82, 2.24) is 9.47 Å². The molecule has 0 saturated heterocycles. The lowest BCUT2D eigenvalue weighted by atomic mass is 9.97. The van der Waals surface area contributed by atoms with Crippen LogP contribution in [-0.4, -0.2) is 34.0 Å². The summed E-state index contributed by atoms with van der Waals surface area (Å²) in [5.41, 5.74) is 7.72. The zero-order chi connectivity index (χ0) is 27.0. The van der Waals surface area contributed by atoms with Crippen LogP contribution >= 0.6 is 0 Å². The first kappa shape index (κ1) is 25.3. The smallest absolute Gasteiger partial charge is 0.316 e. The minimum absolute atomic E-state index is 0.0498. The molecule has 4 aromatic rings. The van der Waals surface area contributed by atoms with Crippen LogP contribution in [0.4, 0.5) is 16.2 Å². The first-order valence-corrected chi connectivity index (χ1v) is 13.1. The number of para-hydroxylation sites is 3. The fraction of sp³-hybridized carbons (Fsp3) is 0.250. The second kappa shape index (κ2) is 10.2. The molecule has 1 aliphatic heterocycles. The van der Waals surface area contributed by atoms with Gasteiger partial charge in [-0.1, -0.05) is 60.2 Å². The summed E-state index contributed by atoms with van der Waals surface area (Å²) >= 11 is 0. The molecule has 6 nitrogen and oxygen atoms in total. The van der Waals surface area contributed by atoms with Crippen molar-refractivity contribution in [2.45, 2.75) is 46.7 Å². The molecular weight excluding hydrogens is 472 g/mol. The minimum Gasteiger partial charge on any atom is -0.316 e. The van der Waals surface area contributed by atoms with E-state index >= 15 is 0 Å². The Bertz CT molecular complexity index is 1470. The van der Waals surface area contributed by atoms with Crippen molar-refractivity contribution < 1.29 is 9.59 Å².